The Morgan fingerprint density at radius 1 is 1.38 bits per heavy atom. The van der Waals surface area contributed by atoms with Gasteiger partial charge in [0.15, 0.2) is 0 Å². The number of anilines is 1. The van der Waals surface area contributed by atoms with Crippen LogP contribution < -0.4 is 24.6 Å². The Morgan fingerprint density at radius 2 is 1.92 bits per heavy atom. The van der Waals surface area contributed by atoms with Crippen molar-refractivity contribution in [3.05, 3.63) is 23.2 Å². The third-order valence-corrected chi connectivity index (χ3v) is 2.51. The van der Waals surface area contributed by atoms with Crippen molar-refractivity contribution in [2.45, 2.75) is 4.90 Å². The molecular formula is C6H5ClLiNO3S. The number of rotatable bonds is 1. The molecule has 0 saturated heterocycles. The first-order valence-electron chi connectivity index (χ1n) is 2.93. The van der Waals surface area contributed by atoms with Crippen molar-refractivity contribution in [1.82, 2.24) is 0 Å². The fourth-order valence-electron chi connectivity index (χ4n) is 0.735. The topological polar surface area (TPSA) is 83.2 Å². The van der Waals surface area contributed by atoms with Crippen molar-refractivity contribution in [2.24, 2.45) is 0 Å². The number of benzene rings is 1. The van der Waals surface area contributed by atoms with Gasteiger partial charge in [-0.05, 0) is 12.1 Å². The maximum Gasteiger partial charge on any atom is 1.00 e. The number of nitrogen functional groups attached to an aromatic ring is 1. The van der Waals surface area contributed by atoms with E-state index in [2.05, 4.69) is 0 Å². The van der Waals surface area contributed by atoms with Crippen LogP contribution in [0.25, 0.3) is 0 Å². The summed E-state index contributed by atoms with van der Waals surface area (Å²) >= 11 is 5.49. The van der Waals surface area contributed by atoms with E-state index in [4.69, 9.17) is 17.3 Å². The van der Waals surface area contributed by atoms with Gasteiger partial charge in [-0.2, -0.15) is 0 Å². The average molecular weight is 214 g/mol. The molecule has 0 unspecified atom stereocenters. The standard InChI is InChI=1S/C6H6ClNO3S.Li/c7-4-2-1-3-5(6(4)8)12(9,10)11;/h1-3H,8H2,(H,9,10,11);/q;+1/p-1. The zero-order valence-corrected chi connectivity index (χ0v) is 8.39. The van der Waals surface area contributed by atoms with Gasteiger partial charge >= 0.3 is 18.9 Å². The van der Waals surface area contributed by atoms with Gasteiger partial charge in [0.25, 0.3) is 0 Å². The number of para-hydroxylation sites is 1. The molecule has 1 aromatic carbocycles. The van der Waals surface area contributed by atoms with Gasteiger partial charge in [-0.25, -0.2) is 8.42 Å². The first-order chi connectivity index (χ1) is 5.43. The van der Waals surface area contributed by atoms with Crippen LogP contribution in [0.3, 0.4) is 0 Å². The van der Waals surface area contributed by atoms with E-state index in [0.717, 1.165) is 6.07 Å². The van der Waals surface area contributed by atoms with Crippen molar-refractivity contribution in [2.75, 3.05) is 5.73 Å². The van der Waals surface area contributed by atoms with Crippen molar-refractivity contribution in [3.8, 4) is 0 Å². The Hall–Kier alpha value is -0.183. The van der Waals surface area contributed by atoms with Gasteiger partial charge in [0.1, 0.15) is 10.1 Å². The van der Waals surface area contributed by atoms with Crippen LogP contribution in [0.15, 0.2) is 23.1 Å². The van der Waals surface area contributed by atoms with Gasteiger partial charge < -0.3 is 10.3 Å². The van der Waals surface area contributed by atoms with E-state index in [0.29, 0.717) is 0 Å². The van der Waals surface area contributed by atoms with Crippen LogP contribution >= 0.6 is 11.6 Å². The zero-order valence-electron chi connectivity index (χ0n) is 6.82. The molecule has 1 aromatic rings. The Balaban J connectivity index is 0.00000144. The molecule has 0 bridgehead atoms. The molecule has 1 rings (SSSR count). The molecule has 0 saturated carbocycles. The Bertz CT molecular complexity index is 406. The van der Waals surface area contributed by atoms with E-state index < -0.39 is 15.0 Å². The third kappa shape index (κ3) is 2.90. The molecule has 4 nitrogen and oxygen atoms in total. The fraction of sp³-hybridized carbons (Fsp3) is 0. The predicted molar refractivity (Wildman–Crippen MR) is 43.8 cm³/mol. The van der Waals surface area contributed by atoms with E-state index in [1.54, 1.807) is 0 Å². The second kappa shape index (κ2) is 4.36. The third-order valence-electron chi connectivity index (χ3n) is 1.28. The molecule has 0 atom stereocenters. The monoisotopic (exact) mass is 213 g/mol. The minimum atomic E-state index is -4.52. The summed E-state index contributed by atoms with van der Waals surface area (Å²) in [7, 11) is -4.52. The van der Waals surface area contributed by atoms with E-state index in [1.807, 2.05) is 0 Å². The first-order valence-corrected chi connectivity index (χ1v) is 4.71. The quantitative estimate of drug-likeness (QED) is 0.327. The van der Waals surface area contributed by atoms with Gasteiger partial charge in [-0.15, -0.1) is 0 Å². The van der Waals surface area contributed by atoms with Crippen LogP contribution in [0, 0.1) is 0 Å². The van der Waals surface area contributed by atoms with Crippen LogP contribution in [0.2, 0.25) is 5.02 Å². The van der Waals surface area contributed by atoms with Crippen molar-refractivity contribution < 1.29 is 31.8 Å². The average Bonchev–Trinajstić information content (AvgIpc) is 1.92. The van der Waals surface area contributed by atoms with E-state index in [-0.39, 0.29) is 29.6 Å². The van der Waals surface area contributed by atoms with E-state index in [9.17, 15) is 13.0 Å². The van der Waals surface area contributed by atoms with Gasteiger partial charge in [0, 0.05) is 0 Å². The zero-order chi connectivity index (χ0) is 9.35. The number of halogens is 1. The molecule has 0 aliphatic heterocycles. The van der Waals surface area contributed by atoms with Crippen LogP contribution in [-0.4, -0.2) is 13.0 Å². The van der Waals surface area contributed by atoms with Crippen molar-refractivity contribution in [3.63, 3.8) is 0 Å². The summed E-state index contributed by atoms with van der Waals surface area (Å²) in [4.78, 5) is -0.477. The minimum absolute atomic E-state index is 0. The molecule has 0 fully saturated rings. The van der Waals surface area contributed by atoms with Crippen LogP contribution in [0.1, 0.15) is 0 Å². The molecular weight excluding hydrogens is 209 g/mol. The summed E-state index contributed by atoms with van der Waals surface area (Å²) in [5, 5.41) is 0.0620. The largest absolute Gasteiger partial charge is 1.00 e. The van der Waals surface area contributed by atoms with Crippen LogP contribution in [0.5, 0.6) is 0 Å². The molecule has 0 radical (unpaired) electrons. The number of hydrogen-bond acceptors (Lipinski definition) is 4. The van der Waals surface area contributed by atoms with Gasteiger partial charge in [0.2, 0.25) is 0 Å². The van der Waals surface area contributed by atoms with Crippen molar-refractivity contribution >= 4 is 27.4 Å². The molecule has 0 aromatic heterocycles. The molecule has 0 spiro atoms. The molecule has 0 heterocycles. The Kier molecular flexibility index (Phi) is 4.29. The summed E-state index contributed by atoms with van der Waals surface area (Å²) in [6.45, 7) is 0. The molecule has 0 amide bonds. The summed E-state index contributed by atoms with van der Waals surface area (Å²) in [5.74, 6) is 0. The van der Waals surface area contributed by atoms with Gasteiger partial charge in [-0.1, -0.05) is 17.7 Å². The van der Waals surface area contributed by atoms with Crippen LogP contribution in [-0.2, 0) is 10.1 Å². The fourth-order valence-corrected chi connectivity index (χ4v) is 1.59. The van der Waals surface area contributed by atoms with Gasteiger partial charge in [0.05, 0.1) is 15.6 Å². The smallest absolute Gasteiger partial charge is 0.744 e. The van der Waals surface area contributed by atoms with Gasteiger partial charge in [-0.3, -0.25) is 0 Å². The summed E-state index contributed by atoms with van der Waals surface area (Å²) < 4.78 is 31.5. The second-order valence-electron chi connectivity index (χ2n) is 2.11. The maximum atomic E-state index is 10.5. The van der Waals surface area contributed by atoms with E-state index in [1.165, 1.54) is 12.1 Å². The SMILES string of the molecule is Nc1c(Cl)cccc1S(=O)(=O)[O-].[Li+]. The molecule has 13 heavy (non-hydrogen) atoms. The Morgan fingerprint density at radius 3 is 2.31 bits per heavy atom. The molecule has 0 aliphatic rings. The first kappa shape index (κ1) is 12.8. The molecule has 2 N–H and O–H groups in total. The molecule has 0 aliphatic carbocycles. The van der Waals surface area contributed by atoms with Crippen LogP contribution in [0.4, 0.5) is 5.69 Å². The predicted octanol–water partition coefficient (Wildman–Crippen LogP) is -2.17. The summed E-state index contributed by atoms with van der Waals surface area (Å²) in [6.07, 6.45) is 0. The van der Waals surface area contributed by atoms with Crippen molar-refractivity contribution in [1.29, 1.82) is 0 Å². The molecule has 66 valence electrons. The number of hydrogen-bond donors (Lipinski definition) is 1. The summed E-state index contributed by atoms with van der Waals surface area (Å²) in [6, 6.07) is 3.87. The summed E-state index contributed by atoms with van der Waals surface area (Å²) in [5.41, 5.74) is 5.06. The van der Waals surface area contributed by atoms with E-state index >= 15 is 0 Å². The molecule has 7 heteroatoms. The Labute approximate surface area is 93.0 Å². The minimum Gasteiger partial charge on any atom is -0.744 e. The second-order valence-corrected chi connectivity index (χ2v) is 3.86. The normalized spacial score (nSPS) is 10.6. The number of nitrogens with two attached hydrogens (primary N) is 1. The maximum absolute atomic E-state index is 10.5.